The Morgan fingerprint density at radius 1 is 1.22 bits per heavy atom. The van der Waals surface area contributed by atoms with E-state index < -0.39 is 11.7 Å². The van der Waals surface area contributed by atoms with Crippen molar-refractivity contribution in [2.75, 3.05) is 18.2 Å². The lowest BCUT2D eigenvalue weighted by Crippen LogP contribution is -2.35. The number of nitrogens with two attached hydrogens (primary N) is 1. The van der Waals surface area contributed by atoms with Gasteiger partial charge in [0.05, 0.1) is 24.5 Å². The second-order valence-corrected chi connectivity index (χ2v) is 10.2. The summed E-state index contributed by atoms with van der Waals surface area (Å²) in [7, 11) is 1.35. The first-order valence-electron chi connectivity index (χ1n) is 12.2. The fourth-order valence-electron chi connectivity index (χ4n) is 4.12. The van der Waals surface area contributed by atoms with E-state index in [4.69, 9.17) is 15.2 Å². The van der Waals surface area contributed by atoms with Crippen LogP contribution in [-0.2, 0) is 25.5 Å². The SMILES string of the molecule is COC(=O)CCc1cc2c(cc1N)NC(=O)[C@H](C)CCC[C@H](NC(=O)OC(C)(C)C)c1cc-2ccn1. The van der Waals surface area contributed by atoms with Crippen molar-refractivity contribution in [3.63, 3.8) is 0 Å². The summed E-state index contributed by atoms with van der Waals surface area (Å²) >= 11 is 0. The summed E-state index contributed by atoms with van der Waals surface area (Å²) in [5.74, 6) is -0.679. The maximum absolute atomic E-state index is 13.0. The van der Waals surface area contributed by atoms with Gasteiger partial charge in [0.25, 0.3) is 0 Å². The third kappa shape index (κ3) is 7.19. The molecular weight excluding hydrogens is 460 g/mol. The number of methoxy groups -OCH3 is 1. The molecule has 9 heteroatoms. The highest BCUT2D eigenvalue weighted by molar-refractivity contribution is 5.97. The molecule has 2 aromatic rings. The molecule has 2 atom stereocenters. The van der Waals surface area contributed by atoms with Gasteiger partial charge in [0, 0.05) is 29.8 Å². The number of carbonyl (C=O) groups is 3. The lowest BCUT2D eigenvalue weighted by Gasteiger charge is -2.25. The third-order valence-electron chi connectivity index (χ3n) is 6.08. The first kappa shape index (κ1) is 27.0. The van der Waals surface area contributed by atoms with Crippen LogP contribution in [-0.4, -0.2) is 35.7 Å². The molecule has 0 saturated carbocycles. The molecule has 1 aliphatic heterocycles. The quantitative estimate of drug-likeness (QED) is 0.410. The summed E-state index contributed by atoms with van der Waals surface area (Å²) in [6.45, 7) is 7.32. The summed E-state index contributed by atoms with van der Waals surface area (Å²) in [4.78, 5) is 41.8. The van der Waals surface area contributed by atoms with Crippen molar-refractivity contribution in [3.8, 4) is 11.1 Å². The molecule has 1 aliphatic rings. The molecule has 9 nitrogen and oxygen atoms in total. The van der Waals surface area contributed by atoms with Crippen molar-refractivity contribution in [2.45, 2.75) is 71.4 Å². The summed E-state index contributed by atoms with van der Waals surface area (Å²) < 4.78 is 10.2. The average Bonchev–Trinajstić information content (AvgIpc) is 2.80. The minimum atomic E-state index is -0.628. The molecule has 0 radical (unpaired) electrons. The van der Waals surface area contributed by atoms with E-state index in [-0.39, 0.29) is 30.3 Å². The molecule has 3 rings (SSSR count). The largest absolute Gasteiger partial charge is 0.469 e. The van der Waals surface area contributed by atoms with Gasteiger partial charge in [0.1, 0.15) is 5.60 Å². The molecule has 0 saturated heterocycles. The topological polar surface area (TPSA) is 133 Å². The van der Waals surface area contributed by atoms with Crippen LogP contribution in [0.5, 0.6) is 0 Å². The van der Waals surface area contributed by atoms with E-state index in [1.807, 2.05) is 45.9 Å². The lowest BCUT2D eigenvalue weighted by atomic mass is 9.93. The van der Waals surface area contributed by atoms with Gasteiger partial charge in [0.15, 0.2) is 0 Å². The molecule has 194 valence electrons. The second kappa shape index (κ2) is 11.4. The number of benzene rings is 1. The zero-order chi connectivity index (χ0) is 26.5. The molecular formula is C27H36N4O5. The van der Waals surface area contributed by atoms with Crippen molar-refractivity contribution in [1.29, 1.82) is 0 Å². The standard InChI is InChI=1S/C27H36N4O5/c1-16-7-6-8-21(31-26(34)36-27(2,3)4)23-14-17(11-12-29-23)19-13-18(9-10-24(32)35-5)20(28)15-22(19)30-25(16)33/h11-16,21H,6-10,28H2,1-5H3,(H,30,33)(H,31,34)/t16-,21+/m1/s1. The molecule has 0 aliphatic carbocycles. The first-order chi connectivity index (χ1) is 17.0. The minimum Gasteiger partial charge on any atom is -0.469 e. The Hall–Kier alpha value is -3.62. The number of carbonyl (C=O) groups excluding carboxylic acids is 3. The predicted molar refractivity (Wildman–Crippen MR) is 138 cm³/mol. The van der Waals surface area contributed by atoms with E-state index in [0.717, 1.165) is 16.7 Å². The molecule has 4 N–H and O–H groups in total. The monoisotopic (exact) mass is 496 g/mol. The molecule has 2 amide bonds. The number of hydrogen-bond donors (Lipinski definition) is 3. The Labute approximate surface area is 212 Å². The van der Waals surface area contributed by atoms with Crippen molar-refractivity contribution in [3.05, 3.63) is 41.7 Å². The van der Waals surface area contributed by atoms with Crippen LogP contribution in [0.1, 0.15) is 70.7 Å². The van der Waals surface area contributed by atoms with Crippen molar-refractivity contribution in [2.24, 2.45) is 5.92 Å². The number of pyridine rings is 1. The number of aromatic nitrogens is 1. The van der Waals surface area contributed by atoms with Gasteiger partial charge in [-0.1, -0.05) is 13.3 Å². The molecule has 0 spiro atoms. The number of anilines is 2. The summed E-state index contributed by atoms with van der Waals surface area (Å²) in [6, 6.07) is 6.98. The van der Waals surface area contributed by atoms with E-state index >= 15 is 0 Å². The van der Waals surface area contributed by atoms with Crippen molar-refractivity contribution in [1.82, 2.24) is 10.3 Å². The van der Waals surface area contributed by atoms with Crippen LogP contribution < -0.4 is 16.4 Å². The molecule has 0 fully saturated rings. The number of hydrogen-bond acceptors (Lipinski definition) is 7. The number of amides is 2. The van der Waals surface area contributed by atoms with Crippen LogP contribution in [0.25, 0.3) is 11.1 Å². The van der Waals surface area contributed by atoms with Crippen LogP contribution >= 0.6 is 0 Å². The number of aryl methyl sites for hydroxylation is 1. The molecule has 1 aromatic heterocycles. The Balaban J connectivity index is 2.05. The number of rotatable bonds is 4. The van der Waals surface area contributed by atoms with E-state index in [1.165, 1.54) is 7.11 Å². The predicted octanol–water partition coefficient (Wildman–Crippen LogP) is 4.76. The number of esters is 1. The van der Waals surface area contributed by atoms with E-state index in [1.54, 1.807) is 12.3 Å². The summed E-state index contributed by atoms with van der Waals surface area (Å²) in [6.07, 6.45) is 3.70. The van der Waals surface area contributed by atoms with E-state index in [9.17, 15) is 14.4 Å². The normalized spacial score (nSPS) is 18.1. The third-order valence-corrected chi connectivity index (χ3v) is 6.08. The fraction of sp³-hybridized carbons (Fsp3) is 0.481. The summed E-state index contributed by atoms with van der Waals surface area (Å²) in [5, 5.41) is 5.98. The van der Waals surface area contributed by atoms with Crippen LogP contribution in [0.3, 0.4) is 0 Å². The first-order valence-corrected chi connectivity index (χ1v) is 12.2. The number of fused-ring (bicyclic) bond motifs is 4. The van der Waals surface area contributed by atoms with E-state index in [2.05, 4.69) is 15.6 Å². The maximum atomic E-state index is 13.0. The Morgan fingerprint density at radius 2 is 1.97 bits per heavy atom. The fourth-order valence-corrected chi connectivity index (χ4v) is 4.12. The molecule has 0 unspecified atom stereocenters. The van der Waals surface area contributed by atoms with Crippen LogP contribution in [0.4, 0.5) is 16.2 Å². The zero-order valence-corrected chi connectivity index (χ0v) is 21.6. The Bertz CT molecular complexity index is 1130. The highest BCUT2D eigenvalue weighted by Crippen LogP contribution is 2.35. The lowest BCUT2D eigenvalue weighted by molar-refractivity contribution is -0.140. The highest BCUT2D eigenvalue weighted by atomic mass is 16.6. The maximum Gasteiger partial charge on any atom is 0.408 e. The number of nitrogens with one attached hydrogen (secondary N) is 2. The van der Waals surface area contributed by atoms with Gasteiger partial charge >= 0.3 is 12.1 Å². The molecule has 36 heavy (non-hydrogen) atoms. The van der Waals surface area contributed by atoms with Crippen LogP contribution in [0.15, 0.2) is 30.5 Å². The van der Waals surface area contributed by atoms with Gasteiger partial charge in [-0.15, -0.1) is 0 Å². The Morgan fingerprint density at radius 3 is 2.67 bits per heavy atom. The zero-order valence-electron chi connectivity index (χ0n) is 21.6. The second-order valence-electron chi connectivity index (χ2n) is 10.2. The smallest absolute Gasteiger partial charge is 0.408 e. The Kier molecular flexibility index (Phi) is 8.55. The number of nitrogens with zero attached hydrogens (tertiary/aromatic N) is 1. The molecule has 1 aromatic carbocycles. The molecule has 2 heterocycles. The number of nitrogen functional groups attached to an aromatic ring is 1. The van der Waals surface area contributed by atoms with Crippen molar-refractivity contribution < 1.29 is 23.9 Å². The molecule has 2 bridgehead atoms. The van der Waals surface area contributed by atoms with Gasteiger partial charge < -0.3 is 25.8 Å². The van der Waals surface area contributed by atoms with Gasteiger partial charge in [-0.3, -0.25) is 14.6 Å². The minimum absolute atomic E-state index is 0.107. The summed E-state index contributed by atoms with van der Waals surface area (Å²) in [5.41, 5.74) is 9.76. The average molecular weight is 497 g/mol. The van der Waals surface area contributed by atoms with Gasteiger partial charge in [-0.05, 0) is 75.4 Å². The van der Waals surface area contributed by atoms with Crippen LogP contribution in [0, 0.1) is 5.92 Å². The number of alkyl carbamates (subject to hydrolysis) is 1. The van der Waals surface area contributed by atoms with Gasteiger partial charge in [-0.25, -0.2) is 4.79 Å². The van der Waals surface area contributed by atoms with Crippen molar-refractivity contribution >= 4 is 29.3 Å². The van der Waals surface area contributed by atoms with Crippen LogP contribution in [0.2, 0.25) is 0 Å². The highest BCUT2D eigenvalue weighted by Gasteiger charge is 2.24. The van der Waals surface area contributed by atoms with Gasteiger partial charge in [0.2, 0.25) is 5.91 Å². The van der Waals surface area contributed by atoms with Gasteiger partial charge in [-0.2, -0.15) is 0 Å². The van der Waals surface area contributed by atoms with E-state index in [0.29, 0.717) is 42.8 Å². The number of ether oxygens (including phenoxy) is 2.